The van der Waals surface area contributed by atoms with Gasteiger partial charge in [0.1, 0.15) is 0 Å². The van der Waals surface area contributed by atoms with Crippen LogP contribution < -0.4 is 14.8 Å². The van der Waals surface area contributed by atoms with Crippen LogP contribution in [0.2, 0.25) is 10.0 Å². The topological polar surface area (TPSA) is 33.7 Å². The highest BCUT2D eigenvalue weighted by molar-refractivity contribution is 7.80. The molecule has 2 rings (SSSR count). The Morgan fingerprint density at radius 3 is 2.44 bits per heavy atom. The van der Waals surface area contributed by atoms with E-state index < -0.39 is 0 Å². The van der Waals surface area contributed by atoms with Crippen molar-refractivity contribution < 1.29 is 9.47 Å². The maximum absolute atomic E-state index is 6.16. The molecule has 25 heavy (non-hydrogen) atoms. The Morgan fingerprint density at radius 2 is 1.80 bits per heavy atom. The number of hydrogen-bond acceptors (Lipinski definition) is 3. The molecule has 0 aliphatic carbocycles. The van der Waals surface area contributed by atoms with Crippen molar-refractivity contribution in [1.82, 2.24) is 4.90 Å². The standard InChI is InChI=1S/C18H20Cl2N2O2S/c1-22(18(25)21-15-6-5-13(19)11-14(15)20)9-8-12-4-7-16(23-2)17(10-12)24-3/h4-7,10-11H,8-9H2,1-3H3,(H,21,25). The monoisotopic (exact) mass is 398 g/mol. The molecule has 0 unspecified atom stereocenters. The van der Waals surface area contributed by atoms with Crippen molar-refractivity contribution in [1.29, 1.82) is 0 Å². The van der Waals surface area contributed by atoms with Gasteiger partial charge in [0.2, 0.25) is 0 Å². The van der Waals surface area contributed by atoms with Crippen molar-refractivity contribution in [2.24, 2.45) is 0 Å². The number of benzene rings is 2. The van der Waals surface area contributed by atoms with E-state index in [1.165, 1.54) is 0 Å². The van der Waals surface area contributed by atoms with E-state index in [4.69, 9.17) is 44.9 Å². The highest BCUT2D eigenvalue weighted by Gasteiger charge is 2.09. The highest BCUT2D eigenvalue weighted by atomic mass is 35.5. The van der Waals surface area contributed by atoms with Gasteiger partial charge in [-0.05, 0) is 54.5 Å². The molecule has 0 spiro atoms. The van der Waals surface area contributed by atoms with Gasteiger partial charge in [0.25, 0.3) is 0 Å². The van der Waals surface area contributed by atoms with Gasteiger partial charge in [0.05, 0.1) is 24.9 Å². The van der Waals surface area contributed by atoms with Crippen LogP contribution in [0.3, 0.4) is 0 Å². The zero-order valence-corrected chi connectivity index (χ0v) is 16.6. The normalized spacial score (nSPS) is 10.3. The summed E-state index contributed by atoms with van der Waals surface area (Å²) in [6.45, 7) is 0.743. The molecule has 0 heterocycles. The zero-order valence-electron chi connectivity index (χ0n) is 14.3. The maximum atomic E-state index is 6.16. The summed E-state index contributed by atoms with van der Waals surface area (Å²) >= 11 is 17.5. The molecular formula is C18H20Cl2N2O2S. The van der Waals surface area contributed by atoms with E-state index in [9.17, 15) is 0 Å². The fraction of sp³-hybridized carbons (Fsp3) is 0.278. The Labute approximate surface area is 163 Å². The first-order valence-electron chi connectivity index (χ1n) is 7.62. The molecule has 2 aromatic rings. The minimum absolute atomic E-state index is 0.531. The van der Waals surface area contributed by atoms with Gasteiger partial charge in [-0.25, -0.2) is 0 Å². The molecule has 2 aromatic carbocycles. The van der Waals surface area contributed by atoms with Crippen LogP contribution in [0.25, 0.3) is 0 Å². The number of ether oxygens (including phenoxy) is 2. The third kappa shape index (κ3) is 5.39. The molecule has 0 aromatic heterocycles. The van der Waals surface area contributed by atoms with Crippen molar-refractivity contribution in [3.63, 3.8) is 0 Å². The summed E-state index contributed by atoms with van der Waals surface area (Å²) in [5, 5.41) is 4.84. The van der Waals surface area contributed by atoms with Crippen molar-refractivity contribution in [3.8, 4) is 11.5 Å². The van der Waals surface area contributed by atoms with E-state index in [-0.39, 0.29) is 0 Å². The predicted molar refractivity (Wildman–Crippen MR) is 109 cm³/mol. The first kappa shape index (κ1) is 19.6. The molecule has 0 saturated carbocycles. The van der Waals surface area contributed by atoms with Gasteiger partial charge < -0.3 is 19.7 Å². The Morgan fingerprint density at radius 1 is 1.08 bits per heavy atom. The summed E-state index contributed by atoms with van der Waals surface area (Å²) in [7, 11) is 5.18. The summed E-state index contributed by atoms with van der Waals surface area (Å²) in [6.07, 6.45) is 0.813. The van der Waals surface area contributed by atoms with Crippen molar-refractivity contribution in [3.05, 3.63) is 52.0 Å². The van der Waals surface area contributed by atoms with Gasteiger partial charge >= 0.3 is 0 Å². The molecule has 0 saturated heterocycles. The lowest BCUT2D eigenvalue weighted by Gasteiger charge is -2.22. The van der Waals surface area contributed by atoms with E-state index in [1.54, 1.807) is 32.4 Å². The number of likely N-dealkylation sites (N-methyl/N-ethyl adjacent to an activating group) is 1. The second-order valence-electron chi connectivity index (χ2n) is 5.42. The summed E-state index contributed by atoms with van der Waals surface area (Å²) in [4.78, 5) is 1.96. The quantitative estimate of drug-likeness (QED) is 0.701. The highest BCUT2D eigenvalue weighted by Crippen LogP contribution is 2.28. The number of anilines is 1. The first-order valence-corrected chi connectivity index (χ1v) is 8.79. The third-order valence-electron chi connectivity index (χ3n) is 3.70. The summed E-state index contributed by atoms with van der Waals surface area (Å²) in [5.41, 5.74) is 1.87. The molecule has 1 N–H and O–H groups in total. The van der Waals surface area contributed by atoms with E-state index in [0.717, 1.165) is 30.0 Å². The zero-order chi connectivity index (χ0) is 18.4. The summed E-state index contributed by atoms with van der Waals surface area (Å²) < 4.78 is 10.6. The molecule has 0 fully saturated rings. The van der Waals surface area contributed by atoms with Gasteiger partial charge in [-0.3, -0.25) is 0 Å². The van der Waals surface area contributed by atoms with Gasteiger partial charge in [0.15, 0.2) is 16.6 Å². The van der Waals surface area contributed by atoms with Gasteiger partial charge in [-0.15, -0.1) is 0 Å². The molecule has 0 amide bonds. The van der Waals surface area contributed by atoms with Crippen LogP contribution in [0.4, 0.5) is 5.69 Å². The van der Waals surface area contributed by atoms with Crippen LogP contribution >= 0.6 is 35.4 Å². The molecule has 4 nitrogen and oxygen atoms in total. The lowest BCUT2D eigenvalue weighted by atomic mass is 10.1. The van der Waals surface area contributed by atoms with Crippen LogP contribution in [0, 0.1) is 0 Å². The van der Waals surface area contributed by atoms with Crippen LogP contribution in [0.15, 0.2) is 36.4 Å². The molecule has 0 aliphatic rings. The minimum Gasteiger partial charge on any atom is -0.493 e. The van der Waals surface area contributed by atoms with E-state index >= 15 is 0 Å². The number of halogens is 2. The number of hydrogen-bond donors (Lipinski definition) is 1. The van der Waals surface area contributed by atoms with Crippen LogP contribution in [0.5, 0.6) is 11.5 Å². The van der Waals surface area contributed by atoms with Crippen molar-refractivity contribution in [2.75, 3.05) is 33.1 Å². The van der Waals surface area contributed by atoms with Gasteiger partial charge in [0, 0.05) is 18.6 Å². The lowest BCUT2D eigenvalue weighted by molar-refractivity contribution is 0.354. The molecule has 134 valence electrons. The van der Waals surface area contributed by atoms with E-state index in [2.05, 4.69) is 5.32 Å². The Balaban J connectivity index is 1.95. The molecule has 0 bridgehead atoms. The molecule has 0 aliphatic heterocycles. The molecule has 0 radical (unpaired) electrons. The first-order chi connectivity index (χ1) is 11.9. The SMILES string of the molecule is COc1ccc(CCN(C)C(=S)Nc2ccc(Cl)cc2Cl)cc1OC. The molecule has 7 heteroatoms. The summed E-state index contributed by atoms with van der Waals surface area (Å²) in [6, 6.07) is 11.1. The second kappa shape index (κ2) is 9.13. The molecular weight excluding hydrogens is 379 g/mol. The van der Waals surface area contributed by atoms with Gasteiger partial charge in [-0.1, -0.05) is 29.3 Å². The number of methoxy groups -OCH3 is 2. The average molecular weight is 399 g/mol. The molecule has 0 atom stereocenters. The number of nitrogens with one attached hydrogen (secondary N) is 1. The second-order valence-corrected chi connectivity index (χ2v) is 6.65. The third-order valence-corrected chi connectivity index (χ3v) is 4.66. The van der Waals surface area contributed by atoms with Crippen molar-refractivity contribution >= 4 is 46.2 Å². The van der Waals surface area contributed by atoms with Crippen LogP contribution in [0.1, 0.15) is 5.56 Å². The van der Waals surface area contributed by atoms with Gasteiger partial charge in [-0.2, -0.15) is 0 Å². The minimum atomic E-state index is 0.531. The van der Waals surface area contributed by atoms with Crippen molar-refractivity contribution in [2.45, 2.75) is 6.42 Å². The average Bonchev–Trinajstić information content (AvgIpc) is 2.61. The lowest BCUT2D eigenvalue weighted by Crippen LogP contribution is -2.32. The Hall–Kier alpha value is -1.69. The number of nitrogens with zero attached hydrogens (tertiary/aromatic N) is 1. The maximum Gasteiger partial charge on any atom is 0.173 e. The van der Waals surface area contributed by atoms with E-state index in [0.29, 0.717) is 20.9 Å². The fourth-order valence-electron chi connectivity index (χ4n) is 2.24. The number of rotatable bonds is 6. The smallest absolute Gasteiger partial charge is 0.173 e. The fourth-order valence-corrected chi connectivity index (χ4v) is 2.89. The largest absolute Gasteiger partial charge is 0.493 e. The summed E-state index contributed by atoms with van der Waals surface area (Å²) in [5.74, 6) is 1.44. The van der Waals surface area contributed by atoms with Crippen LogP contribution in [-0.2, 0) is 6.42 Å². The Kier molecular flexibility index (Phi) is 7.17. The predicted octanol–water partition coefficient (Wildman–Crippen LogP) is 4.88. The number of thiocarbonyl (C=S) groups is 1. The van der Waals surface area contributed by atoms with E-state index in [1.807, 2.05) is 30.1 Å². The Bertz CT molecular complexity index is 756. The van der Waals surface area contributed by atoms with Crippen LogP contribution in [-0.4, -0.2) is 37.8 Å².